The number of likely N-dealkylation sites (N-methyl/N-ethyl adjacent to an activating group) is 1. The Morgan fingerprint density at radius 3 is 2.49 bits per heavy atom. The molecule has 1 aromatic heterocycles. The van der Waals surface area contributed by atoms with Gasteiger partial charge in [-0.1, -0.05) is 20.8 Å². The zero-order chi connectivity index (χ0) is 26.9. The molecule has 9 nitrogen and oxygen atoms in total. The number of amides is 2. The quantitative estimate of drug-likeness (QED) is 0.582. The molecule has 4 rings (SSSR count). The Bertz CT molecular complexity index is 1130. The second-order valence-corrected chi connectivity index (χ2v) is 10.6. The first-order valence-corrected chi connectivity index (χ1v) is 12.4. The molecule has 5 atom stereocenters. The normalized spacial score (nSPS) is 22.9. The van der Waals surface area contributed by atoms with Crippen LogP contribution in [0.25, 0.3) is 0 Å². The smallest absolute Gasteiger partial charge is 0.246 e. The molecule has 0 bridgehead atoms. The van der Waals surface area contributed by atoms with Gasteiger partial charge in [0.2, 0.25) is 17.8 Å². The molecular weight excluding hydrogens is 482 g/mol. The lowest BCUT2D eigenvalue weighted by molar-refractivity contribution is -0.141. The van der Waals surface area contributed by atoms with E-state index in [0.29, 0.717) is 25.5 Å². The number of likely N-dealkylation sites (tertiary alicyclic amines) is 1. The molecule has 200 valence electrons. The summed E-state index contributed by atoms with van der Waals surface area (Å²) in [7, 11) is 1.68. The highest BCUT2D eigenvalue weighted by Crippen LogP contribution is 2.37. The number of rotatable bonds is 7. The summed E-state index contributed by atoms with van der Waals surface area (Å²) < 4.78 is 33.6. The first kappa shape index (κ1) is 26.7. The number of aromatic nitrogens is 2. The summed E-state index contributed by atoms with van der Waals surface area (Å²) in [6.07, 6.45) is 3.38. The van der Waals surface area contributed by atoms with Crippen LogP contribution in [0.4, 0.5) is 14.7 Å². The molecule has 1 aromatic carbocycles. The lowest BCUT2D eigenvalue weighted by atomic mass is 9.85. The van der Waals surface area contributed by atoms with Crippen LogP contribution in [0.2, 0.25) is 0 Å². The first-order valence-electron chi connectivity index (χ1n) is 12.4. The van der Waals surface area contributed by atoms with Crippen LogP contribution in [-0.2, 0) is 9.59 Å². The molecule has 37 heavy (non-hydrogen) atoms. The van der Waals surface area contributed by atoms with Crippen molar-refractivity contribution in [3.05, 3.63) is 48.3 Å². The van der Waals surface area contributed by atoms with Crippen molar-refractivity contribution in [3.63, 3.8) is 0 Å². The van der Waals surface area contributed by atoms with E-state index in [9.17, 15) is 18.4 Å². The van der Waals surface area contributed by atoms with Crippen molar-refractivity contribution in [3.8, 4) is 5.75 Å². The summed E-state index contributed by atoms with van der Waals surface area (Å²) in [5.41, 5.74) is -0.560. The number of hydrogen-bond donors (Lipinski definition) is 2. The van der Waals surface area contributed by atoms with Gasteiger partial charge < -0.3 is 25.2 Å². The Balaban J connectivity index is 1.65. The van der Waals surface area contributed by atoms with Gasteiger partial charge in [0.05, 0.1) is 24.7 Å². The van der Waals surface area contributed by atoms with Gasteiger partial charge in [0.15, 0.2) is 11.6 Å². The van der Waals surface area contributed by atoms with Crippen molar-refractivity contribution in [2.24, 2.45) is 5.41 Å². The molecule has 2 aliphatic rings. The van der Waals surface area contributed by atoms with Crippen LogP contribution in [0.5, 0.6) is 5.75 Å². The maximum atomic E-state index is 14.0. The van der Waals surface area contributed by atoms with Gasteiger partial charge in [-0.25, -0.2) is 18.7 Å². The van der Waals surface area contributed by atoms with E-state index in [1.807, 2.05) is 25.7 Å². The van der Waals surface area contributed by atoms with E-state index in [1.54, 1.807) is 37.3 Å². The highest BCUT2D eigenvalue weighted by atomic mass is 19.2. The zero-order valence-corrected chi connectivity index (χ0v) is 21.7. The van der Waals surface area contributed by atoms with E-state index >= 15 is 0 Å². The zero-order valence-electron chi connectivity index (χ0n) is 21.7. The second-order valence-electron chi connectivity index (χ2n) is 10.6. The number of carbonyl (C=O) groups excluding carboxylic acids is 2. The van der Waals surface area contributed by atoms with Gasteiger partial charge in [-0.15, -0.1) is 0 Å². The molecule has 0 radical (unpaired) electrons. The molecule has 2 amide bonds. The van der Waals surface area contributed by atoms with Gasteiger partial charge in [0, 0.05) is 25.0 Å². The number of nitrogens with one attached hydrogen (secondary N) is 2. The van der Waals surface area contributed by atoms with Gasteiger partial charge in [-0.05, 0) is 44.0 Å². The molecule has 2 aliphatic heterocycles. The van der Waals surface area contributed by atoms with Crippen molar-refractivity contribution >= 4 is 17.8 Å². The van der Waals surface area contributed by atoms with E-state index in [-0.39, 0.29) is 23.6 Å². The Labute approximate surface area is 215 Å². The molecule has 2 aromatic rings. The minimum atomic E-state index is -1.01. The van der Waals surface area contributed by atoms with Crippen molar-refractivity contribution < 1.29 is 23.1 Å². The third kappa shape index (κ3) is 5.51. The summed E-state index contributed by atoms with van der Waals surface area (Å²) in [5.74, 6) is -1.79. The number of anilines is 1. The van der Waals surface area contributed by atoms with Gasteiger partial charge in [0.25, 0.3) is 0 Å². The molecule has 0 aliphatic carbocycles. The number of carbonyl (C=O) groups is 2. The number of fused-ring (bicyclic) bond motifs is 1. The maximum absolute atomic E-state index is 14.0. The Hall–Kier alpha value is -3.34. The third-order valence-electron chi connectivity index (χ3n) is 7.07. The second kappa shape index (κ2) is 10.6. The fourth-order valence-corrected chi connectivity index (χ4v) is 5.00. The van der Waals surface area contributed by atoms with Gasteiger partial charge >= 0.3 is 0 Å². The highest BCUT2D eigenvalue weighted by molar-refractivity contribution is 5.90. The van der Waals surface area contributed by atoms with E-state index in [2.05, 4.69) is 20.6 Å². The average Bonchev–Trinajstić information content (AvgIpc) is 3.45. The molecule has 3 heterocycles. The summed E-state index contributed by atoms with van der Waals surface area (Å²) in [6, 6.07) is 3.31. The lowest BCUT2D eigenvalue weighted by Crippen LogP contribution is -2.59. The summed E-state index contributed by atoms with van der Waals surface area (Å²) in [6.45, 7) is 8.24. The van der Waals surface area contributed by atoms with Gasteiger partial charge in [0.1, 0.15) is 17.9 Å². The first-order chi connectivity index (χ1) is 17.5. The lowest BCUT2D eigenvalue weighted by Gasteiger charge is -2.37. The van der Waals surface area contributed by atoms with Gasteiger partial charge in [-0.3, -0.25) is 9.59 Å². The predicted octanol–water partition coefficient (Wildman–Crippen LogP) is 2.13. The topological polar surface area (TPSA) is 99.7 Å². The molecule has 2 saturated heterocycles. The number of benzene rings is 1. The van der Waals surface area contributed by atoms with Crippen LogP contribution in [0, 0.1) is 17.0 Å². The third-order valence-corrected chi connectivity index (χ3v) is 7.07. The predicted molar refractivity (Wildman–Crippen MR) is 134 cm³/mol. The van der Waals surface area contributed by atoms with E-state index in [0.717, 1.165) is 12.1 Å². The molecular formula is C26H34F2N6O3. The summed E-state index contributed by atoms with van der Waals surface area (Å²) in [5, 5.41) is 5.82. The molecule has 0 spiro atoms. The van der Waals surface area contributed by atoms with Crippen LogP contribution < -0.4 is 20.3 Å². The number of halogens is 2. The minimum absolute atomic E-state index is 0.144. The van der Waals surface area contributed by atoms with E-state index in [4.69, 9.17) is 4.74 Å². The van der Waals surface area contributed by atoms with Crippen molar-refractivity contribution in [2.75, 3.05) is 25.0 Å². The Morgan fingerprint density at radius 2 is 1.86 bits per heavy atom. The van der Waals surface area contributed by atoms with E-state index in [1.165, 1.54) is 6.07 Å². The Morgan fingerprint density at radius 1 is 1.16 bits per heavy atom. The fourth-order valence-electron chi connectivity index (χ4n) is 5.00. The largest absolute Gasteiger partial charge is 0.486 e. The van der Waals surface area contributed by atoms with Crippen molar-refractivity contribution in [1.29, 1.82) is 0 Å². The van der Waals surface area contributed by atoms with Gasteiger partial charge in [-0.2, -0.15) is 0 Å². The monoisotopic (exact) mass is 516 g/mol. The molecule has 2 fully saturated rings. The maximum Gasteiger partial charge on any atom is 0.246 e. The molecule has 11 heteroatoms. The number of ether oxygens (including phenoxy) is 1. The SMILES string of the molecule is CN[C@@H](C)C(=O)N[C@H](C(=O)N1CC[C@@H]2C1[C@@H](Oc1ccc(F)c(F)c1)CN2c1ncccn1)C(C)(C)C. The van der Waals surface area contributed by atoms with E-state index < -0.39 is 41.3 Å². The van der Waals surface area contributed by atoms with Crippen LogP contribution in [-0.4, -0.2) is 77.1 Å². The van der Waals surface area contributed by atoms with Crippen LogP contribution in [0.3, 0.4) is 0 Å². The van der Waals surface area contributed by atoms with Crippen LogP contribution in [0.1, 0.15) is 34.1 Å². The minimum Gasteiger partial charge on any atom is -0.486 e. The summed E-state index contributed by atoms with van der Waals surface area (Å²) in [4.78, 5) is 39.2. The molecule has 1 unspecified atom stereocenters. The van der Waals surface area contributed by atoms with Crippen LogP contribution in [0.15, 0.2) is 36.7 Å². The molecule has 0 saturated carbocycles. The molecule has 2 N–H and O–H groups in total. The average molecular weight is 517 g/mol. The van der Waals surface area contributed by atoms with Crippen LogP contribution >= 0.6 is 0 Å². The number of hydrogen-bond acceptors (Lipinski definition) is 7. The van der Waals surface area contributed by atoms with Crippen molar-refractivity contribution in [1.82, 2.24) is 25.5 Å². The highest BCUT2D eigenvalue weighted by Gasteiger charge is 2.54. The summed E-state index contributed by atoms with van der Waals surface area (Å²) >= 11 is 0. The fraction of sp³-hybridized carbons (Fsp3) is 0.538. The van der Waals surface area contributed by atoms with Crippen molar-refractivity contribution in [2.45, 2.75) is 64.4 Å². The number of nitrogens with zero attached hydrogens (tertiary/aromatic N) is 4. The standard InChI is InChI=1S/C26H34F2N6O3/c1-15(29-5)23(35)32-22(26(2,3)4)24(36)33-12-9-19-21(33)20(14-34(19)25-30-10-6-11-31-25)37-16-7-8-17(27)18(28)13-16/h6-8,10-11,13,15,19-22,29H,9,12,14H2,1-5H3,(H,32,35)/t15-,19+,20-,21?,22+/m0/s1. The Kier molecular flexibility index (Phi) is 7.63.